The van der Waals surface area contributed by atoms with Gasteiger partial charge in [-0.15, -0.1) is 0 Å². The number of hydrogen-bond acceptors (Lipinski definition) is 5. The van der Waals surface area contributed by atoms with E-state index in [1.807, 2.05) is 48.5 Å². The van der Waals surface area contributed by atoms with E-state index in [1.54, 1.807) is 12.1 Å². The number of aliphatic carboxylic acids is 1. The molecule has 1 aromatic heterocycles. The zero-order valence-corrected chi connectivity index (χ0v) is 19.0. The maximum Gasteiger partial charge on any atom is 0.305 e. The molecule has 0 atom stereocenters. The van der Waals surface area contributed by atoms with Crippen LogP contribution in [-0.4, -0.2) is 39.6 Å². The minimum atomic E-state index is -1.01. The van der Waals surface area contributed by atoms with Crippen molar-refractivity contribution in [1.82, 2.24) is 15.5 Å². The minimum Gasteiger partial charge on any atom is -0.481 e. The highest BCUT2D eigenvalue weighted by Gasteiger charge is 2.23. The SMILES string of the molecule is O=C(O)CCNC(=O)c1ccc(NC(=O)c2c(-c3ccccc3)c(-c3ccccc3)n[nH]c2=O)cc1. The van der Waals surface area contributed by atoms with Crippen LogP contribution in [0.4, 0.5) is 5.69 Å². The third kappa shape index (κ3) is 5.53. The van der Waals surface area contributed by atoms with Crippen molar-refractivity contribution in [3.8, 4) is 22.4 Å². The maximum absolute atomic E-state index is 13.3. The quantitative estimate of drug-likeness (QED) is 0.303. The van der Waals surface area contributed by atoms with Crippen LogP contribution in [0.1, 0.15) is 27.1 Å². The molecule has 1 heterocycles. The minimum absolute atomic E-state index is 0.00346. The Balaban J connectivity index is 1.65. The van der Waals surface area contributed by atoms with Crippen LogP contribution >= 0.6 is 0 Å². The van der Waals surface area contributed by atoms with Gasteiger partial charge in [-0.25, -0.2) is 5.10 Å². The number of carboxylic acid groups (broad SMARTS) is 1. The van der Waals surface area contributed by atoms with Gasteiger partial charge in [0.1, 0.15) is 5.56 Å². The van der Waals surface area contributed by atoms with E-state index in [1.165, 1.54) is 24.3 Å². The number of amides is 2. The van der Waals surface area contributed by atoms with E-state index in [0.29, 0.717) is 28.1 Å². The summed E-state index contributed by atoms with van der Waals surface area (Å²) < 4.78 is 0. The van der Waals surface area contributed by atoms with Crippen molar-refractivity contribution in [2.24, 2.45) is 0 Å². The summed E-state index contributed by atoms with van der Waals surface area (Å²) >= 11 is 0. The number of carboxylic acids is 1. The van der Waals surface area contributed by atoms with E-state index in [2.05, 4.69) is 20.8 Å². The summed E-state index contributed by atoms with van der Waals surface area (Å²) in [6.07, 6.45) is -0.185. The number of aromatic nitrogens is 2. The molecule has 9 nitrogen and oxygen atoms in total. The number of anilines is 1. The first kappa shape index (κ1) is 24.1. The Morgan fingerprint density at radius 3 is 2.03 bits per heavy atom. The smallest absolute Gasteiger partial charge is 0.305 e. The number of nitrogens with one attached hydrogen (secondary N) is 3. The van der Waals surface area contributed by atoms with E-state index >= 15 is 0 Å². The Morgan fingerprint density at radius 1 is 0.806 bits per heavy atom. The summed E-state index contributed by atoms with van der Waals surface area (Å²) in [7, 11) is 0. The zero-order valence-electron chi connectivity index (χ0n) is 19.0. The van der Waals surface area contributed by atoms with E-state index in [-0.39, 0.29) is 18.5 Å². The molecule has 3 aromatic carbocycles. The van der Waals surface area contributed by atoms with Crippen molar-refractivity contribution in [2.45, 2.75) is 6.42 Å². The number of hydrogen-bond donors (Lipinski definition) is 4. The van der Waals surface area contributed by atoms with Crippen LogP contribution in [0, 0.1) is 0 Å². The topological polar surface area (TPSA) is 141 Å². The first-order valence-corrected chi connectivity index (χ1v) is 11.1. The van der Waals surface area contributed by atoms with Crippen molar-refractivity contribution < 1.29 is 19.5 Å². The largest absolute Gasteiger partial charge is 0.481 e. The second kappa shape index (κ2) is 10.9. The van der Waals surface area contributed by atoms with Crippen molar-refractivity contribution in [1.29, 1.82) is 0 Å². The van der Waals surface area contributed by atoms with E-state index < -0.39 is 23.3 Å². The van der Waals surface area contributed by atoms with Crippen molar-refractivity contribution in [3.63, 3.8) is 0 Å². The first-order valence-electron chi connectivity index (χ1n) is 11.1. The fraction of sp³-hybridized carbons (Fsp3) is 0.0741. The number of aromatic amines is 1. The Kier molecular flexibility index (Phi) is 7.30. The average Bonchev–Trinajstić information content (AvgIpc) is 2.89. The number of carbonyl (C=O) groups is 3. The molecule has 0 aliphatic heterocycles. The molecule has 0 saturated heterocycles. The molecule has 0 unspecified atom stereocenters. The molecule has 9 heteroatoms. The van der Waals surface area contributed by atoms with Gasteiger partial charge in [-0.1, -0.05) is 60.7 Å². The number of H-pyrrole nitrogens is 1. The molecule has 0 fully saturated rings. The summed E-state index contributed by atoms with van der Waals surface area (Å²) in [5.41, 5.74) is 2.20. The van der Waals surface area contributed by atoms with Crippen molar-refractivity contribution in [3.05, 3.63) is 106 Å². The molecule has 0 bridgehead atoms. The standard InChI is InChI=1S/C27H22N4O5/c32-21(33)15-16-28-25(34)19-11-13-20(14-12-19)29-26(35)23-22(17-7-3-1-4-8-17)24(30-31-27(23)36)18-9-5-2-6-10-18/h1-14H,15-16H2,(H,28,34)(H,29,35)(H,31,36)(H,32,33). The average molecular weight is 482 g/mol. The summed E-state index contributed by atoms with van der Waals surface area (Å²) in [5, 5.41) is 20.6. The lowest BCUT2D eigenvalue weighted by Crippen LogP contribution is -2.26. The fourth-order valence-electron chi connectivity index (χ4n) is 3.64. The van der Waals surface area contributed by atoms with Gasteiger partial charge in [0.15, 0.2) is 0 Å². The lowest BCUT2D eigenvalue weighted by molar-refractivity contribution is -0.136. The van der Waals surface area contributed by atoms with Gasteiger partial charge < -0.3 is 15.7 Å². The van der Waals surface area contributed by atoms with Crippen LogP contribution < -0.4 is 16.2 Å². The Morgan fingerprint density at radius 2 is 1.42 bits per heavy atom. The summed E-state index contributed by atoms with van der Waals surface area (Å²) in [4.78, 5) is 48.9. The van der Waals surface area contributed by atoms with Gasteiger partial charge in [-0.05, 0) is 29.8 Å². The van der Waals surface area contributed by atoms with Crippen LogP contribution in [0.3, 0.4) is 0 Å². The Bertz CT molecular complexity index is 1450. The molecular weight excluding hydrogens is 460 g/mol. The predicted molar refractivity (Wildman–Crippen MR) is 135 cm³/mol. The van der Waals surface area contributed by atoms with Gasteiger partial charge in [0.05, 0.1) is 12.1 Å². The summed E-state index contributed by atoms with van der Waals surface area (Å²) in [5.74, 6) is -2.07. The lowest BCUT2D eigenvalue weighted by Gasteiger charge is -2.14. The highest BCUT2D eigenvalue weighted by atomic mass is 16.4. The summed E-state index contributed by atoms with van der Waals surface area (Å²) in [6, 6.07) is 24.4. The maximum atomic E-state index is 13.3. The van der Waals surface area contributed by atoms with E-state index in [9.17, 15) is 19.2 Å². The molecule has 0 radical (unpaired) electrons. The van der Waals surface area contributed by atoms with Crippen LogP contribution in [0.5, 0.6) is 0 Å². The zero-order chi connectivity index (χ0) is 25.5. The van der Waals surface area contributed by atoms with E-state index in [4.69, 9.17) is 5.11 Å². The van der Waals surface area contributed by atoms with Crippen LogP contribution in [-0.2, 0) is 4.79 Å². The molecule has 0 aliphatic rings. The van der Waals surface area contributed by atoms with Gasteiger partial charge in [0.2, 0.25) is 0 Å². The van der Waals surface area contributed by atoms with Crippen LogP contribution in [0.2, 0.25) is 0 Å². The highest BCUT2D eigenvalue weighted by Crippen LogP contribution is 2.31. The molecule has 2 amide bonds. The monoisotopic (exact) mass is 482 g/mol. The molecule has 0 aliphatic carbocycles. The third-order valence-corrected chi connectivity index (χ3v) is 5.35. The molecule has 0 saturated carbocycles. The van der Waals surface area contributed by atoms with Gasteiger partial charge >= 0.3 is 5.97 Å². The molecule has 4 N–H and O–H groups in total. The van der Waals surface area contributed by atoms with Gasteiger partial charge in [-0.3, -0.25) is 19.2 Å². The molecule has 36 heavy (non-hydrogen) atoms. The summed E-state index contributed by atoms with van der Waals surface area (Å²) in [6.45, 7) is 0.00346. The number of benzene rings is 3. The van der Waals surface area contributed by atoms with Crippen LogP contribution in [0.15, 0.2) is 89.7 Å². The van der Waals surface area contributed by atoms with Gasteiger partial charge in [0, 0.05) is 28.9 Å². The lowest BCUT2D eigenvalue weighted by atomic mass is 9.95. The van der Waals surface area contributed by atoms with Crippen molar-refractivity contribution >= 4 is 23.5 Å². The normalized spacial score (nSPS) is 10.4. The molecule has 4 rings (SSSR count). The van der Waals surface area contributed by atoms with Gasteiger partial charge in [-0.2, -0.15) is 5.10 Å². The molecule has 180 valence electrons. The second-order valence-corrected chi connectivity index (χ2v) is 7.81. The number of nitrogens with zero attached hydrogens (tertiary/aromatic N) is 1. The second-order valence-electron chi connectivity index (χ2n) is 7.81. The van der Waals surface area contributed by atoms with Crippen LogP contribution in [0.25, 0.3) is 22.4 Å². The molecule has 4 aromatic rings. The number of carbonyl (C=O) groups excluding carboxylic acids is 2. The van der Waals surface area contributed by atoms with E-state index in [0.717, 1.165) is 5.56 Å². The van der Waals surface area contributed by atoms with Gasteiger partial charge in [0.25, 0.3) is 17.4 Å². The Hall–Kier alpha value is -5.05. The fourth-order valence-corrected chi connectivity index (χ4v) is 3.64. The molecular formula is C27H22N4O5. The Labute approximate surface area is 205 Å². The number of rotatable bonds is 8. The predicted octanol–water partition coefficient (Wildman–Crippen LogP) is 3.56. The molecule has 0 spiro atoms. The first-order chi connectivity index (χ1) is 17.4. The van der Waals surface area contributed by atoms with Crippen molar-refractivity contribution in [2.75, 3.05) is 11.9 Å². The third-order valence-electron chi connectivity index (χ3n) is 5.35. The highest BCUT2D eigenvalue weighted by molar-refractivity contribution is 6.10.